The van der Waals surface area contributed by atoms with Crippen molar-refractivity contribution in [2.75, 3.05) is 12.4 Å². The predicted octanol–water partition coefficient (Wildman–Crippen LogP) is 1.86. The van der Waals surface area contributed by atoms with Crippen molar-refractivity contribution in [2.45, 2.75) is 6.54 Å². The van der Waals surface area contributed by atoms with E-state index in [9.17, 15) is 19.7 Å². The van der Waals surface area contributed by atoms with Crippen molar-refractivity contribution >= 4 is 23.2 Å². The minimum Gasteiger partial charge on any atom is -0.497 e. The quantitative estimate of drug-likeness (QED) is 0.494. The third kappa shape index (κ3) is 4.29. The smallest absolute Gasteiger partial charge is 0.313 e. The average Bonchev–Trinajstić information content (AvgIpc) is 2.60. The molecule has 0 aliphatic carbocycles. The zero-order chi connectivity index (χ0) is 17.5. The number of carbonyl (C=O) groups excluding carboxylic acids is 2. The summed E-state index contributed by atoms with van der Waals surface area (Å²) in [4.78, 5) is 33.9. The van der Waals surface area contributed by atoms with Gasteiger partial charge in [-0.3, -0.25) is 19.7 Å². The molecule has 0 spiro atoms. The molecule has 8 heteroatoms. The van der Waals surface area contributed by atoms with E-state index in [0.717, 1.165) is 5.56 Å². The van der Waals surface area contributed by atoms with Crippen LogP contribution in [0, 0.1) is 10.1 Å². The molecule has 0 radical (unpaired) electrons. The molecule has 2 aromatic rings. The summed E-state index contributed by atoms with van der Waals surface area (Å²) >= 11 is 0. The number of hydrogen-bond donors (Lipinski definition) is 2. The van der Waals surface area contributed by atoms with Crippen LogP contribution in [0.15, 0.2) is 48.5 Å². The first-order valence-corrected chi connectivity index (χ1v) is 6.97. The summed E-state index contributed by atoms with van der Waals surface area (Å²) in [6, 6.07) is 12.6. The molecule has 2 rings (SSSR count). The SMILES string of the molecule is COc1cccc(CNC(=O)C(=O)Nc2ccccc2[N+](=O)[O-])c1. The Morgan fingerprint density at radius 3 is 2.58 bits per heavy atom. The molecule has 0 bridgehead atoms. The zero-order valence-electron chi connectivity index (χ0n) is 12.8. The van der Waals surface area contributed by atoms with Crippen LogP contribution in [-0.2, 0) is 16.1 Å². The highest BCUT2D eigenvalue weighted by atomic mass is 16.6. The number of carbonyl (C=O) groups is 2. The molecule has 0 fully saturated rings. The van der Waals surface area contributed by atoms with Gasteiger partial charge >= 0.3 is 11.8 Å². The van der Waals surface area contributed by atoms with Gasteiger partial charge in [-0.05, 0) is 23.8 Å². The van der Waals surface area contributed by atoms with Crippen LogP contribution in [0.4, 0.5) is 11.4 Å². The van der Waals surface area contributed by atoms with Crippen molar-refractivity contribution in [3.8, 4) is 5.75 Å². The Balaban J connectivity index is 1.98. The Hall–Kier alpha value is -3.42. The van der Waals surface area contributed by atoms with Gasteiger partial charge in [0.25, 0.3) is 5.69 Å². The molecule has 0 aliphatic heterocycles. The molecule has 8 nitrogen and oxygen atoms in total. The second kappa shape index (κ2) is 7.73. The Labute approximate surface area is 137 Å². The van der Waals surface area contributed by atoms with Gasteiger partial charge in [0.15, 0.2) is 0 Å². The fourth-order valence-electron chi connectivity index (χ4n) is 1.96. The molecular formula is C16H15N3O5. The number of nitro groups is 1. The lowest BCUT2D eigenvalue weighted by Gasteiger charge is -2.08. The van der Waals surface area contributed by atoms with Gasteiger partial charge in [-0.1, -0.05) is 24.3 Å². The molecule has 2 aromatic carbocycles. The van der Waals surface area contributed by atoms with Crippen LogP contribution in [0.25, 0.3) is 0 Å². The second-order valence-corrected chi connectivity index (χ2v) is 4.76. The van der Waals surface area contributed by atoms with Crippen molar-refractivity contribution in [1.82, 2.24) is 5.32 Å². The lowest BCUT2D eigenvalue weighted by atomic mass is 10.2. The predicted molar refractivity (Wildman–Crippen MR) is 86.6 cm³/mol. The summed E-state index contributed by atoms with van der Waals surface area (Å²) in [6.07, 6.45) is 0. The number of rotatable bonds is 5. The van der Waals surface area contributed by atoms with E-state index in [4.69, 9.17) is 4.74 Å². The second-order valence-electron chi connectivity index (χ2n) is 4.76. The monoisotopic (exact) mass is 329 g/mol. The van der Waals surface area contributed by atoms with E-state index in [1.54, 1.807) is 24.3 Å². The molecule has 0 saturated heterocycles. The first kappa shape index (κ1) is 16.9. The van der Waals surface area contributed by atoms with Gasteiger partial charge in [0, 0.05) is 12.6 Å². The maximum atomic E-state index is 11.9. The Morgan fingerprint density at radius 2 is 1.88 bits per heavy atom. The number of anilines is 1. The lowest BCUT2D eigenvalue weighted by Crippen LogP contribution is -2.35. The highest BCUT2D eigenvalue weighted by Gasteiger charge is 2.19. The maximum Gasteiger partial charge on any atom is 0.313 e. The number of nitrogens with zero attached hydrogens (tertiary/aromatic N) is 1. The zero-order valence-corrected chi connectivity index (χ0v) is 12.8. The molecular weight excluding hydrogens is 314 g/mol. The third-order valence-corrected chi connectivity index (χ3v) is 3.14. The first-order valence-electron chi connectivity index (χ1n) is 6.97. The van der Waals surface area contributed by atoms with Gasteiger partial charge in [-0.2, -0.15) is 0 Å². The summed E-state index contributed by atoms with van der Waals surface area (Å²) in [6.45, 7) is 0.125. The first-order chi connectivity index (χ1) is 11.5. The van der Waals surface area contributed by atoms with E-state index in [0.29, 0.717) is 5.75 Å². The summed E-state index contributed by atoms with van der Waals surface area (Å²) in [7, 11) is 1.53. The third-order valence-electron chi connectivity index (χ3n) is 3.14. The fraction of sp³-hybridized carbons (Fsp3) is 0.125. The Kier molecular flexibility index (Phi) is 5.45. The van der Waals surface area contributed by atoms with Crippen molar-refractivity contribution in [2.24, 2.45) is 0 Å². The average molecular weight is 329 g/mol. The molecule has 0 saturated carbocycles. The van der Waals surface area contributed by atoms with Crippen molar-refractivity contribution in [1.29, 1.82) is 0 Å². The number of nitrogens with one attached hydrogen (secondary N) is 2. The number of methoxy groups -OCH3 is 1. The van der Waals surface area contributed by atoms with Gasteiger partial charge in [-0.25, -0.2) is 0 Å². The number of benzene rings is 2. The minimum atomic E-state index is -0.979. The number of amides is 2. The van der Waals surface area contributed by atoms with E-state index in [1.165, 1.54) is 31.4 Å². The lowest BCUT2D eigenvalue weighted by molar-refractivity contribution is -0.383. The number of hydrogen-bond acceptors (Lipinski definition) is 5. The van der Waals surface area contributed by atoms with E-state index in [-0.39, 0.29) is 17.9 Å². The van der Waals surface area contributed by atoms with Crippen LogP contribution >= 0.6 is 0 Å². The largest absolute Gasteiger partial charge is 0.497 e. The number of ether oxygens (including phenoxy) is 1. The molecule has 2 N–H and O–H groups in total. The molecule has 124 valence electrons. The van der Waals surface area contributed by atoms with Crippen molar-refractivity contribution < 1.29 is 19.2 Å². The van der Waals surface area contributed by atoms with Gasteiger partial charge < -0.3 is 15.4 Å². The number of para-hydroxylation sites is 2. The topological polar surface area (TPSA) is 111 Å². The Bertz CT molecular complexity index is 776. The van der Waals surface area contributed by atoms with Crippen LogP contribution in [0.3, 0.4) is 0 Å². The van der Waals surface area contributed by atoms with Crippen LogP contribution in [0.5, 0.6) is 5.75 Å². The van der Waals surface area contributed by atoms with Gasteiger partial charge in [0.2, 0.25) is 0 Å². The van der Waals surface area contributed by atoms with E-state index >= 15 is 0 Å². The summed E-state index contributed by atoms with van der Waals surface area (Å²) in [5.74, 6) is -1.24. The van der Waals surface area contributed by atoms with E-state index in [2.05, 4.69) is 10.6 Å². The fourth-order valence-corrected chi connectivity index (χ4v) is 1.96. The highest BCUT2D eigenvalue weighted by molar-refractivity contribution is 6.39. The molecule has 2 amide bonds. The Morgan fingerprint density at radius 1 is 1.12 bits per heavy atom. The van der Waals surface area contributed by atoms with Gasteiger partial charge in [0.05, 0.1) is 12.0 Å². The summed E-state index contributed by atoms with van der Waals surface area (Å²) < 4.78 is 5.07. The highest BCUT2D eigenvalue weighted by Crippen LogP contribution is 2.22. The molecule has 0 aromatic heterocycles. The van der Waals surface area contributed by atoms with E-state index in [1.807, 2.05) is 0 Å². The number of nitro benzene ring substituents is 1. The molecule has 0 unspecified atom stereocenters. The van der Waals surface area contributed by atoms with Crippen LogP contribution in [-0.4, -0.2) is 23.8 Å². The maximum absolute atomic E-state index is 11.9. The molecule has 0 aliphatic rings. The summed E-state index contributed by atoms with van der Waals surface area (Å²) in [5.41, 5.74) is 0.427. The van der Waals surface area contributed by atoms with Gasteiger partial charge in [-0.15, -0.1) is 0 Å². The summed E-state index contributed by atoms with van der Waals surface area (Å²) in [5, 5.41) is 15.6. The van der Waals surface area contributed by atoms with Crippen LogP contribution < -0.4 is 15.4 Å². The standard InChI is InChI=1S/C16H15N3O5/c1-24-12-6-4-5-11(9-12)10-17-15(20)16(21)18-13-7-2-3-8-14(13)19(22)23/h2-9H,10H2,1H3,(H,17,20)(H,18,21). The van der Waals surface area contributed by atoms with E-state index < -0.39 is 16.7 Å². The normalized spacial score (nSPS) is 9.88. The molecule has 24 heavy (non-hydrogen) atoms. The molecule has 0 atom stereocenters. The van der Waals surface area contributed by atoms with Crippen LogP contribution in [0.2, 0.25) is 0 Å². The van der Waals surface area contributed by atoms with Gasteiger partial charge in [0.1, 0.15) is 11.4 Å². The van der Waals surface area contributed by atoms with Crippen molar-refractivity contribution in [3.05, 3.63) is 64.2 Å². The minimum absolute atomic E-state index is 0.0379. The van der Waals surface area contributed by atoms with Crippen molar-refractivity contribution in [3.63, 3.8) is 0 Å². The molecule has 0 heterocycles. The van der Waals surface area contributed by atoms with Crippen LogP contribution in [0.1, 0.15) is 5.56 Å².